The average molecular weight is 371 g/mol. The van der Waals surface area contributed by atoms with Crippen LogP contribution in [0, 0.1) is 0 Å². The van der Waals surface area contributed by atoms with E-state index >= 15 is 0 Å². The lowest BCUT2D eigenvalue weighted by molar-refractivity contribution is 0.313. The Morgan fingerprint density at radius 2 is 1.43 bits per heavy atom. The Labute approximate surface area is 165 Å². The van der Waals surface area contributed by atoms with E-state index in [0.29, 0.717) is 18.8 Å². The fraction of sp³-hybridized carbons (Fsp3) is 0.200. The largest absolute Gasteiger partial charge is 0.508 e. The number of nitrogens with one attached hydrogen (secondary N) is 1. The lowest BCUT2D eigenvalue weighted by Crippen LogP contribution is -2.20. The molecule has 0 spiro atoms. The Morgan fingerprint density at radius 1 is 0.786 bits per heavy atom. The molecule has 0 aliphatic carbocycles. The van der Waals surface area contributed by atoms with Gasteiger partial charge < -0.3 is 15.2 Å². The van der Waals surface area contributed by atoms with E-state index in [4.69, 9.17) is 4.74 Å². The van der Waals surface area contributed by atoms with Crippen LogP contribution in [-0.4, -0.2) is 24.8 Å². The summed E-state index contributed by atoms with van der Waals surface area (Å²) >= 11 is 0. The van der Waals surface area contributed by atoms with Crippen LogP contribution >= 0.6 is 0 Å². The number of fused-ring (bicyclic) bond motifs is 2. The van der Waals surface area contributed by atoms with Gasteiger partial charge in [0.15, 0.2) is 0 Å². The van der Waals surface area contributed by atoms with Crippen molar-refractivity contribution >= 4 is 21.5 Å². The fourth-order valence-electron chi connectivity index (χ4n) is 3.73. The molecule has 3 heteroatoms. The van der Waals surface area contributed by atoms with Gasteiger partial charge in [0.25, 0.3) is 0 Å². The highest BCUT2D eigenvalue weighted by Gasteiger charge is 2.14. The van der Waals surface area contributed by atoms with Crippen LogP contribution in [0.3, 0.4) is 0 Å². The predicted octanol–water partition coefficient (Wildman–Crippen LogP) is 5.28. The summed E-state index contributed by atoms with van der Waals surface area (Å²) < 4.78 is 6.13. The molecule has 4 aromatic rings. The van der Waals surface area contributed by atoms with Gasteiger partial charge in [-0.25, -0.2) is 0 Å². The number of phenolic OH excluding ortho intramolecular Hbond substituents is 1. The number of hydrogen-bond donors (Lipinski definition) is 2. The molecule has 0 aliphatic rings. The van der Waals surface area contributed by atoms with Gasteiger partial charge in [-0.05, 0) is 40.2 Å². The van der Waals surface area contributed by atoms with Crippen molar-refractivity contribution in [2.75, 3.05) is 19.7 Å². The third kappa shape index (κ3) is 3.67. The maximum atomic E-state index is 10.6. The van der Waals surface area contributed by atoms with Crippen LogP contribution in [0.4, 0.5) is 0 Å². The third-order valence-electron chi connectivity index (χ3n) is 5.15. The quantitative estimate of drug-likeness (QED) is 0.434. The molecular weight excluding hydrogens is 346 g/mol. The van der Waals surface area contributed by atoms with Crippen molar-refractivity contribution in [3.8, 4) is 11.5 Å². The summed E-state index contributed by atoms with van der Waals surface area (Å²) in [5.74, 6) is 1.20. The molecule has 0 aromatic heterocycles. The number of benzene rings is 4. The van der Waals surface area contributed by atoms with Gasteiger partial charge in [-0.3, -0.25) is 0 Å². The molecule has 0 saturated carbocycles. The summed E-state index contributed by atoms with van der Waals surface area (Å²) in [5, 5.41) is 18.5. The van der Waals surface area contributed by atoms with Crippen LogP contribution in [0.2, 0.25) is 0 Å². The van der Waals surface area contributed by atoms with E-state index in [-0.39, 0.29) is 0 Å². The van der Waals surface area contributed by atoms with Crippen molar-refractivity contribution in [1.82, 2.24) is 5.32 Å². The smallest absolute Gasteiger partial charge is 0.123 e. The molecule has 0 heterocycles. The molecule has 0 saturated heterocycles. The van der Waals surface area contributed by atoms with Crippen molar-refractivity contribution in [3.05, 3.63) is 83.9 Å². The molecule has 142 valence electrons. The van der Waals surface area contributed by atoms with Crippen molar-refractivity contribution in [2.45, 2.75) is 13.3 Å². The van der Waals surface area contributed by atoms with E-state index in [1.54, 1.807) is 6.07 Å². The first-order chi connectivity index (χ1) is 13.8. The van der Waals surface area contributed by atoms with Crippen LogP contribution in [0.1, 0.15) is 18.1 Å². The van der Waals surface area contributed by atoms with Gasteiger partial charge >= 0.3 is 0 Å². The van der Waals surface area contributed by atoms with Crippen LogP contribution in [0.15, 0.2) is 72.8 Å². The van der Waals surface area contributed by atoms with Crippen molar-refractivity contribution in [1.29, 1.82) is 0 Å². The van der Waals surface area contributed by atoms with Gasteiger partial charge in [-0.1, -0.05) is 67.6 Å². The summed E-state index contributed by atoms with van der Waals surface area (Å²) in [6, 6.07) is 24.4. The lowest BCUT2D eigenvalue weighted by atomic mass is 9.93. The lowest BCUT2D eigenvalue weighted by Gasteiger charge is -2.16. The molecule has 0 aliphatic heterocycles. The topological polar surface area (TPSA) is 41.5 Å². The van der Waals surface area contributed by atoms with Gasteiger partial charge in [0.1, 0.15) is 18.1 Å². The Hall–Kier alpha value is -3.04. The van der Waals surface area contributed by atoms with Crippen LogP contribution < -0.4 is 10.1 Å². The zero-order chi connectivity index (χ0) is 19.3. The summed E-state index contributed by atoms with van der Waals surface area (Å²) in [6.45, 7) is 4.44. The number of rotatable bonds is 7. The molecule has 0 unspecified atom stereocenters. The number of aromatic hydroxyl groups is 1. The highest BCUT2D eigenvalue weighted by Crippen LogP contribution is 2.35. The molecule has 0 radical (unpaired) electrons. The Balaban J connectivity index is 1.80. The second-order valence-corrected chi connectivity index (χ2v) is 6.93. The SMILES string of the molecule is CCNCCOc1ccc2ccccc2c1Cc1c(O)ccc2ccccc12. The summed E-state index contributed by atoms with van der Waals surface area (Å²) in [5.41, 5.74) is 2.05. The summed E-state index contributed by atoms with van der Waals surface area (Å²) in [6.07, 6.45) is 0.616. The standard InChI is InChI=1S/C25H25NO2/c1-2-26-15-16-28-25-14-12-19-8-4-6-10-21(19)23(25)17-22-20-9-5-3-7-18(20)11-13-24(22)27/h3-14,26-27H,2,15-17H2,1H3. The Bertz CT molecular complexity index is 1100. The van der Waals surface area contributed by atoms with E-state index in [2.05, 4.69) is 48.6 Å². The third-order valence-corrected chi connectivity index (χ3v) is 5.15. The number of hydrogen-bond acceptors (Lipinski definition) is 3. The molecular formula is C25H25NO2. The van der Waals surface area contributed by atoms with Gasteiger partial charge in [0, 0.05) is 24.1 Å². The van der Waals surface area contributed by atoms with Crippen LogP contribution in [0.25, 0.3) is 21.5 Å². The summed E-state index contributed by atoms with van der Waals surface area (Å²) in [4.78, 5) is 0. The molecule has 4 rings (SSSR count). The zero-order valence-electron chi connectivity index (χ0n) is 16.1. The van der Waals surface area contributed by atoms with Crippen molar-refractivity contribution in [2.24, 2.45) is 0 Å². The minimum atomic E-state index is 0.324. The summed E-state index contributed by atoms with van der Waals surface area (Å²) in [7, 11) is 0. The monoisotopic (exact) mass is 371 g/mol. The number of likely N-dealkylation sites (N-methyl/N-ethyl adjacent to an activating group) is 1. The zero-order valence-corrected chi connectivity index (χ0v) is 16.1. The highest BCUT2D eigenvalue weighted by molar-refractivity contribution is 5.91. The second kappa shape index (κ2) is 8.32. The van der Waals surface area contributed by atoms with E-state index < -0.39 is 0 Å². The van der Waals surface area contributed by atoms with Crippen LogP contribution in [-0.2, 0) is 6.42 Å². The van der Waals surface area contributed by atoms with E-state index in [1.165, 1.54) is 5.39 Å². The molecule has 28 heavy (non-hydrogen) atoms. The van der Waals surface area contributed by atoms with Gasteiger partial charge in [0.05, 0.1) is 0 Å². The molecule has 4 aromatic carbocycles. The first-order valence-corrected chi connectivity index (χ1v) is 9.81. The average Bonchev–Trinajstić information content (AvgIpc) is 2.74. The molecule has 0 amide bonds. The number of ether oxygens (including phenoxy) is 1. The fourth-order valence-corrected chi connectivity index (χ4v) is 3.73. The molecule has 2 N–H and O–H groups in total. The first-order valence-electron chi connectivity index (χ1n) is 9.81. The van der Waals surface area contributed by atoms with Crippen LogP contribution in [0.5, 0.6) is 11.5 Å². The molecule has 0 fully saturated rings. The van der Waals surface area contributed by atoms with E-state index in [1.807, 2.05) is 30.3 Å². The van der Waals surface area contributed by atoms with Crippen molar-refractivity contribution < 1.29 is 9.84 Å². The Morgan fingerprint density at radius 3 is 2.14 bits per heavy atom. The maximum absolute atomic E-state index is 10.6. The molecule has 0 bridgehead atoms. The molecule has 0 atom stereocenters. The van der Waals surface area contributed by atoms with Gasteiger partial charge in [-0.15, -0.1) is 0 Å². The van der Waals surface area contributed by atoms with Crippen molar-refractivity contribution in [3.63, 3.8) is 0 Å². The number of phenols is 1. The highest BCUT2D eigenvalue weighted by atomic mass is 16.5. The van der Waals surface area contributed by atoms with Gasteiger partial charge in [0.2, 0.25) is 0 Å². The minimum absolute atomic E-state index is 0.324. The minimum Gasteiger partial charge on any atom is -0.508 e. The normalized spacial score (nSPS) is 11.2. The molecule has 3 nitrogen and oxygen atoms in total. The van der Waals surface area contributed by atoms with E-state index in [9.17, 15) is 5.11 Å². The van der Waals surface area contributed by atoms with E-state index in [0.717, 1.165) is 46.1 Å². The maximum Gasteiger partial charge on any atom is 0.123 e. The second-order valence-electron chi connectivity index (χ2n) is 6.93. The predicted molar refractivity (Wildman–Crippen MR) is 116 cm³/mol. The van der Waals surface area contributed by atoms with Gasteiger partial charge in [-0.2, -0.15) is 0 Å². The Kier molecular flexibility index (Phi) is 5.45. The first kappa shape index (κ1) is 18.3.